The third-order valence-electron chi connectivity index (χ3n) is 3.05. The maximum atomic E-state index is 11.7. The Morgan fingerprint density at radius 3 is 2.94 bits per heavy atom. The van der Waals surface area contributed by atoms with Crippen molar-refractivity contribution in [3.63, 3.8) is 0 Å². The molecule has 2 unspecified atom stereocenters. The molecule has 1 aromatic heterocycles. The Bertz CT molecular complexity index is 394. The van der Waals surface area contributed by atoms with Gasteiger partial charge < -0.3 is 10.4 Å². The van der Waals surface area contributed by atoms with Crippen LogP contribution >= 0.6 is 11.6 Å². The minimum Gasteiger partial charge on any atom is -0.393 e. The van der Waals surface area contributed by atoms with E-state index in [4.69, 9.17) is 11.6 Å². The second kappa shape index (κ2) is 5.47. The van der Waals surface area contributed by atoms with Crippen molar-refractivity contribution >= 4 is 17.5 Å². The fourth-order valence-corrected chi connectivity index (χ4v) is 2.19. The molecule has 0 radical (unpaired) electrons. The number of rotatable bonds is 3. The standard InChI is InChI=1S/C12H15ClN2O2/c13-11-4-2-9(7-14-11)12(17)15-6-8-1-3-10(16)5-8/h2,4,7-8,10,16H,1,3,5-6H2,(H,15,17). The Kier molecular flexibility index (Phi) is 3.97. The van der Waals surface area contributed by atoms with Crippen molar-refractivity contribution in [2.45, 2.75) is 25.4 Å². The molecular weight excluding hydrogens is 240 g/mol. The normalized spacial score (nSPS) is 23.6. The molecule has 0 saturated heterocycles. The molecule has 0 bridgehead atoms. The van der Waals surface area contributed by atoms with Gasteiger partial charge in [0, 0.05) is 12.7 Å². The Morgan fingerprint density at radius 1 is 1.53 bits per heavy atom. The number of aliphatic hydroxyl groups is 1. The van der Waals surface area contributed by atoms with Crippen LogP contribution in [0.25, 0.3) is 0 Å². The molecule has 1 aromatic rings. The fourth-order valence-electron chi connectivity index (χ4n) is 2.08. The van der Waals surface area contributed by atoms with Gasteiger partial charge in [-0.1, -0.05) is 11.6 Å². The van der Waals surface area contributed by atoms with E-state index in [-0.39, 0.29) is 12.0 Å². The van der Waals surface area contributed by atoms with Crippen LogP contribution in [0.4, 0.5) is 0 Å². The van der Waals surface area contributed by atoms with Gasteiger partial charge in [-0.3, -0.25) is 4.79 Å². The van der Waals surface area contributed by atoms with E-state index in [1.54, 1.807) is 12.1 Å². The average molecular weight is 255 g/mol. The number of carbonyl (C=O) groups excluding carboxylic acids is 1. The summed E-state index contributed by atoms with van der Waals surface area (Å²) in [6.07, 6.45) is 3.85. The van der Waals surface area contributed by atoms with E-state index in [0.29, 0.717) is 23.2 Å². The molecule has 2 N–H and O–H groups in total. The van der Waals surface area contributed by atoms with Crippen molar-refractivity contribution in [1.82, 2.24) is 10.3 Å². The Labute approximate surface area is 105 Å². The third kappa shape index (κ3) is 3.41. The van der Waals surface area contributed by atoms with Crippen LogP contribution in [-0.4, -0.2) is 28.6 Å². The zero-order valence-corrected chi connectivity index (χ0v) is 10.2. The molecule has 0 aromatic carbocycles. The minimum atomic E-state index is -0.200. The lowest BCUT2D eigenvalue weighted by Gasteiger charge is -2.10. The first-order chi connectivity index (χ1) is 8.15. The van der Waals surface area contributed by atoms with Crippen molar-refractivity contribution in [1.29, 1.82) is 0 Å². The molecule has 0 aliphatic heterocycles. The van der Waals surface area contributed by atoms with Gasteiger partial charge in [0.2, 0.25) is 0 Å². The van der Waals surface area contributed by atoms with E-state index in [1.807, 2.05) is 0 Å². The first kappa shape index (κ1) is 12.3. The topological polar surface area (TPSA) is 62.2 Å². The molecule has 1 amide bonds. The summed E-state index contributed by atoms with van der Waals surface area (Å²) in [5.74, 6) is 0.241. The van der Waals surface area contributed by atoms with Crippen LogP contribution in [0.5, 0.6) is 0 Å². The zero-order valence-electron chi connectivity index (χ0n) is 9.40. The molecule has 92 valence electrons. The number of carbonyl (C=O) groups is 1. The van der Waals surface area contributed by atoms with Crippen LogP contribution in [0, 0.1) is 5.92 Å². The molecular formula is C12H15ClN2O2. The van der Waals surface area contributed by atoms with Crippen LogP contribution < -0.4 is 5.32 Å². The van der Waals surface area contributed by atoms with E-state index in [9.17, 15) is 9.90 Å². The molecule has 1 heterocycles. The van der Waals surface area contributed by atoms with Crippen molar-refractivity contribution in [2.24, 2.45) is 5.92 Å². The quantitative estimate of drug-likeness (QED) is 0.806. The number of nitrogens with one attached hydrogen (secondary N) is 1. The molecule has 4 nitrogen and oxygen atoms in total. The van der Waals surface area contributed by atoms with Crippen LogP contribution in [0.2, 0.25) is 5.15 Å². The first-order valence-electron chi connectivity index (χ1n) is 5.73. The summed E-state index contributed by atoms with van der Waals surface area (Å²) in [6, 6.07) is 3.24. The van der Waals surface area contributed by atoms with E-state index < -0.39 is 0 Å². The Morgan fingerprint density at radius 2 is 2.35 bits per heavy atom. The maximum Gasteiger partial charge on any atom is 0.252 e. The van der Waals surface area contributed by atoms with Crippen molar-refractivity contribution in [2.75, 3.05) is 6.54 Å². The number of halogens is 1. The van der Waals surface area contributed by atoms with Crippen molar-refractivity contribution in [3.05, 3.63) is 29.0 Å². The molecule has 1 fully saturated rings. The SMILES string of the molecule is O=C(NCC1CCC(O)C1)c1ccc(Cl)nc1. The van der Waals surface area contributed by atoms with Crippen LogP contribution in [0.15, 0.2) is 18.3 Å². The number of aliphatic hydroxyl groups excluding tert-OH is 1. The van der Waals surface area contributed by atoms with E-state index >= 15 is 0 Å². The van der Waals surface area contributed by atoms with Gasteiger partial charge >= 0.3 is 0 Å². The lowest BCUT2D eigenvalue weighted by molar-refractivity contribution is 0.0944. The Hall–Kier alpha value is -1.13. The van der Waals surface area contributed by atoms with Gasteiger partial charge in [0.25, 0.3) is 5.91 Å². The Balaban J connectivity index is 1.83. The number of aromatic nitrogens is 1. The monoisotopic (exact) mass is 254 g/mol. The second-order valence-electron chi connectivity index (χ2n) is 4.41. The molecule has 17 heavy (non-hydrogen) atoms. The van der Waals surface area contributed by atoms with E-state index in [2.05, 4.69) is 10.3 Å². The largest absolute Gasteiger partial charge is 0.393 e. The average Bonchev–Trinajstić information content (AvgIpc) is 2.73. The number of pyridine rings is 1. The second-order valence-corrected chi connectivity index (χ2v) is 4.80. The predicted molar refractivity (Wildman–Crippen MR) is 64.9 cm³/mol. The van der Waals surface area contributed by atoms with E-state index in [0.717, 1.165) is 19.3 Å². The highest BCUT2D eigenvalue weighted by Crippen LogP contribution is 2.24. The summed E-state index contributed by atoms with van der Waals surface area (Å²) in [7, 11) is 0. The number of nitrogens with zero attached hydrogens (tertiary/aromatic N) is 1. The summed E-state index contributed by atoms with van der Waals surface area (Å²) in [4.78, 5) is 15.6. The molecule has 2 atom stereocenters. The highest BCUT2D eigenvalue weighted by molar-refractivity contribution is 6.29. The third-order valence-corrected chi connectivity index (χ3v) is 3.28. The van der Waals surface area contributed by atoms with Gasteiger partial charge in [-0.05, 0) is 37.3 Å². The van der Waals surface area contributed by atoms with Gasteiger partial charge in [0.05, 0.1) is 11.7 Å². The summed E-state index contributed by atoms with van der Waals surface area (Å²) in [6.45, 7) is 0.610. The first-order valence-corrected chi connectivity index (χ1v) is 6.11. The number of amides is 1. The van der Waals surface area contributed by atoms with Crippen LogP contribution in [0.3, 0.4) is 0 Å². The highest BCUT2D eigenvalue weighted by Gasteiger charge is 2.23. The zero-order chi connectivity index (χ0) is 12.3. The number of hydrogen-bond donors (Lipinski definition) is 2. The smallest absolute Gasteiger partial charge is 0.252 e. The van der Waals surface area contributed by atoms with Gasteiger partial charge in [-0.25, -0.2) is 4.98 Å². The lowest BCUT2D eigenvalue weighted by atomic mass is 10.1. The minimum absolute atomic E-state index is 0.143. The molecule has 2 rings (SSSR count). The van der Waals surface area contributed by atoms with E-state index in [1.165, 1.54) is 6.20 Å². The lowest BCUT2D eigenvalue weighted by Crippen LogP contribution is -2.28. The van der Waals surface area contributed by atoms with Crippen LogP contribution in [-0.2, 0) is 0 Å². The highest BCUT2D eigenvalue weighted by atomic mass is 35.5. The maximum absolute atomic E-state index is 11.7. The fraction of sp³-hybridized carbons (Fsp3) is 0.500. The van der Waals surface area contributed by atoms with Gasteiger partial charge in [-0.2, -0.15) is 0 Å². The van der Waals surface area contributed by atoms with Crippen molar-refractivity contribution < 1.29 is 9.90 Å². The van der Waals surface area contributed by atoms with Crippen molar-refractivity contribution in [3.8, 4) is 0 Å². The van der Waals surface area contributed by atoms with Gasteiger partial charge in [0.15, 0.2) is 0 Å². The summed E-state index contributed by atoms with van der Waals surface area (Å²) < 4.78 is 0. The summed E-state index contributed by atoms with van der Waals surface area (Å²) >= 11 is 5.64. The molecule has 5 heteroatoms. The summed E-state index contributed by atoms with van der Waals surface area (Å²) in [5.41, 5.74) is 0.507. The van der Waals surface area contributed by atoms with Crippen LogP contribution in [0.1, 0.15) is 29.6 Å². The molecule has 1 saturated carbocycles. The number of hydrogen-bond acceptors (Lipinski definition) is 3. The van der Waals surface area contributed by atoms with Gasteiger partial charge in [0.1, 0.15) is 5.15 Å². The predicted octanol–water partition coefficient (Wildman–Crippen LogP) is 1.63. The van der Waals surface area contributed by atoms with Gasteiger partial charge in [-0.15, -0.1) is 0 Å². The molecule has 1 aliphatic rings. The molecule has 0 spiro atoms. The molecule has 1 aliphatic carbocycles. The summed E-state index contributed by atoms with van der Waals surface area (Å²) in [5, 5.41) is 12.6.